The largest absolute Gasteiger partial charge is 0.321 e. The van der Waals surface area contributed by atoms with E-state index >= 15 is 0 Å². The molecule has 2 N–H and O–H groups in total. The molecule has 3 nitrogen and oxygen atoms in total. The molecular formula is C9H13F2N3. The molecule has 78 valence electrons. The Labute approximate surface area is 81.4 Å². The summed E-state index contributed by atoms with van der Waals surface area (Å²) in [6.45, 7) is 3.51. The van der Waals surface area contributed by atoms with Crippen molar-refractivity contribution in [1.82, 2.24) is 9.97 Å². The number of halogens is 2. The van der Waals surface area contributed by atoms with E-state index in [2.05, 4.69) is 9.97 Å². The van der Waals surface area contributed by atoms with Gasteiger partial charge in [0.2, 0.25) is 0 Å². The van der Waals surface area contributed by atoms with E-state index in [0.717, 1.165) is 0 Å². The van der Waals surface area contributed by atoms with Crippen LogP contribution in [-0.4, -0.2) is 9.97 Å². The summed E-state index contributed by atoms with van der Waals surface area (Å²) >= 11 is 0. The lowest BCUT2D eigenvalue weighted by atomic mass is 10.2. The Morgan fingerprint density at radius 3 is 2.57 bits per heavy atom. The molecule has 5 heteroatoms. The highest BCUT2D eigenvalue weighted by molar-refractivity contribution is 5.12. The molecule has 0 amide bonds. The monoisotopic (exact) mass is 201 g/mol. The molecule has 0 bridgehead atoms. The first-order valence-electron chi connectivity index (χ1n) is 4.43. The molecule has 0 fully saturated rings. The number of aromatic nitrogens is 2. The van der Waals surface area contributed by atoms with Crippen LogP contribution < -0.4 is 5.73 Å². The lowest BCUT2D eigenvalue weighted by Crippen LogP contribution is -2.14. The quantitative estimate of drug-likeness (QED) is 0.815. The van der Waals surface area contributed by atoms with Gasteiger partial charge in [-0.25, -0.2) is 18.7 Å². The molecule has 0 aromatic carbocycles. The Balaban J connectivity index is 3.07. The van der Waals surface area contributed by atoms with Crippen molar-refractivity contribution in [2.45, 2.75) is 32.7 Å². The molecular weight excluding hydrogens is 188 g/mol. The van der Waals surface area contributed by atoms with E-state index in [-0.39, 0.29) is 11.7 Å². The minimum atomic E-state index is -2.57. The van der Waals surface area contributed by atoms with Crippen LogP contribution in [0.1, 0.15) is 43.0 Å². The maximum Gasteiger partial charge on any atom is 0.280 e. The van der Waals surface area contributed by atoms with E-state index in [4.69, 9.17) is 5.73 Å². The fourth-order valence-corrected chi connectivity index (χ4v) is 1.08. The normalized spacial score (nSPS) is 13.3. The topological polar surface area (TPSA) is 51.8 Å². The Hall–Kier alpha value is -1.10. The van der Waals surface area contributed by atoms with Crippen LogP contribution in [-0.2, 0) is 0 Å². The minimum Gasteiger partial charge on any atom is -0.321 e. The third kappa shape index (κ3) is 2.45. The number of nitrogens with two attached hydrogens (primary N) is 1. The molecule has 0 aliphatic heterocycles. The van der Waals surface area contributed by atoms with Gasteiger partial charge in [0.15, 0.2) is 0 Å². The van der Waals surface area contributed by atoms with Gasteiger partial charge in [-0.3, -0.25) is 0 Å². The zero-order valence-corrected chi connectivity index (χ0v) is 8.17. The summed E-state index contributed by atoms with van der Waals surface area (Å²) in [7, 11) is 0. The van der Waals surface area contributed by atoms with Crippen molar-refractivity contribution in [3.63, 3.8) is 0 Å². The van der Waals surface area contributed by atoms with Crippen molar-refractivity contribution in [2.24, 2.45) is 5.73 Å². The fraction of sp³-hybridized carbons (Fsp3) is 0.556. The highest BCUT2D eigenvalue weighted by Crippen LogP contribution is 2.19. The van der Waals surface area contributed by atoms with Gasteiger partial charge < -0.3 is 5.73 Å². The number of alkyl halides is 2. The average molecular weight is 201 g/mol. The molecule has 0 spiro atoms. The summed E-state index contributed by atoms with van der Waals surface area (Å²) in [5, 5.41) is 0. The second-order valence-electron chi connectivity index (χ2n) is 3.11. The van der Waals surface area contributed by atoms with E-state index in [1.165, 1.54) is 6.07 Å². The van der Waals surface area contributed by atoms with E-state index in [0.29, 0.717) is 17.9 Å². The Kier molecular flexibility index (Phi) is 3.46. The Morgan fingerprint density at radius 2 is 2.07 bits per heavy atom. The van der Waals surface area contributed by atoms with Crippen molar-refractivity contribution in [2.75, 3.05) is 0 Å². The number of hydrogen-bond acceptors (Lipinski definition) is 3. The lowest BCUT2D eigenvalue weighted by Gasteiger charge is -2.09. The molecule has 1 rings (SSSR count). The Morgan fingerprint density at radius 1 is 1.43 bits per heavy atom. The summed E-state index contributed by atoms with van der Waals surface area (Å²) in [5.74, 6) is 0.294. The number of rotatable bonds is 3. The van der Waals surface area contributed by atoms with Crippen molar-refractivity contribution in [1.29, 1.82) is 0 Å². The highest BCUT2D eigenvalue weighted by Gasteiger charge is 2.14. The molecule has 0 saturated carbocycles. The van der Waals surface area contributed by atoms with Crippen molar-refractivity contribution >= 4 is 0 Å². The van der Waals surface area contributed by atoms with E-state index < -0.39 is 6.43 Å². The first-order chi connectivity index (χ1) is 6.54. The molecule has 0 aliphatic carbocycles. The zero-order valence-electron chi connectivity index (χ0n) is 8.17. The molecule has 1 unspecified atom stereocenters. The maximum atomic E-state index is 12.4. The molecule has 14 heavy (non-hydrogen) atoms. The van der Waals surface area contributed by atoms with Crippen LogP contribution in [0.3, 0.4) is 0 Å². The van der Waals surface area contributed by atoms with Gasteiger partial charge in [0.25, 0.3) is 6.43 Å². The predicted molar refractivity (Wildman–Crippen MR) is 48.9 cm³/mol. The second kappa shape index (κ2) is 4.41. The molecule has 0 aliphatic rings. The number of aryl methyl sites for hydroxylation is 1. The fourth-order valence-electron chi connectivity index (χ4n) is 1.08. The third-order valence-corrected chi connectivity index (χ3v) is 1.89. The van der Waals surface area contributed by atoms with E-state index in [1.807, 2.05) is 6.92 Å². The second-order valence-corrected chi connectivity index (χ2v) is 3.11. The van der Waals surface area contributed by atoms with Gasteiger partial charge in [-0.2, -0.15) is 0 Å². The van der Waals surface area contributed by atoms with Crippen LogP contribution >= 0.6 is 0 Å². The molecule has 1 heterocycles. The summed E-state index contributed by atoms with van der Waals surface area (Å²) < 4.78 is 24.7. The highest BCUT2D eigenvalue weighted by atomic mass is 19.3. The first-order valence-corrected chi connectivity index (χ1v) is 4.43. The van der Waals surface area contributed by atoms with Crippen LogP contribution in [0, 0.1) is 6.92 Å². The summed E-state index contributed by atoms with van der Waals surface area (Å²) in [6, 6.07) is 0.906. The molecule has 1 atom stereocenters. The molecule has 1 aromatic rings. The zero-order chi connectivity index (χ0) is 10.7. The summed E-state index contributed by atoms with van der Waals surface area (Å²) in [5.41, 5.74) is 5.93. The lowest BCUT2D eigenvalue weighted by molar-refractivity contribution is 0.145. The van der Waals surface area contributed by atoms with Crippen LogP contribution in [0.25, 0.3) is 0 Å². The number of hydrogen-bond donors (Lipinski definition) is 1. The van der Waals surface area contributed by atoms with Crippen LogP contribution in [0.4, 0.5) is 8.78 Å². The van der Waals surface area contributed by atoms with Gasteiger partial charge in [0, 0.05) is 5.69 Å². The van der Waals surface area contributed by atoms with E-state index in [9.17, 15) is 8.78 Å². The van der Waals surface area contributed by atoms with Gasteiger partial charge in [0.1, 0.15) is 11.5 Å². The number of nitrogens with zero attached hydrogens (tertiary/aromatic N) is 2. The van der Waals surface area contributed by atoms with Gasteiger partial charge >= 0.3 is 0 Å². The summed E-state index contributed by atoms with van der Waals surface area (Å²) in [6.07, 6.45) is -1.94. The van der Waals surface area contributed by atoms with Gasteiger partial charge in [-0.05, 0) is 19.4 Å². The SMILES string of the molecule is CCC(N)c1nc(C)cc(C(F)F)n1. The predicted octanol–water partition coefficient (Wildman–Crippen LogP) is 2.13. The van der Waals surface area contributed by atoms with Crippen LogP contribution in [0.2, 0.25) is 0 Å². The van der Waals surface area contributed by atoms with Crippen molar-refractivity contribution < 1.29 is 8.78 Å². The van der Waals surface area contributed by atoms with E-state index in [1.54, 1.807) is 6.92 Å². The van der Waals surface area contributed by atoms with Crippen molar-refractivity contribution in [3.8, 4) is 0 Å². The standard InChI is InChI=1S/C9H13F2N3/c1-3-6(12)9-13-5(2)4-7(14-9)8(10)11/h4,6,8H,3,12H2,1-2H3. The molecule has 0 saturated heterocycles. The van der Waals surface area contributed by atoms with Gasteiger partial charge in [-0.15, -0.1) is 0 Å². The van der Waals surface area contributed by atoms with Gasteiger partial charge in [-0.1, -0.05) is 6.92 Å². The Bertz CT molecular complexity index is 315. The maximum absolute atomic E-state index is 12.4. The summed E-state index contributed by atoms with van der Waals surface area (Å²) in [4.78, 5) is 7.74. The average Bonchev–Trinajstić information content (AvgIpc) is 2.15. The minimum absolute atomic E-state index is 0.253. The molecule has 1 aromatic heterocycles. The smallest absolute Gasteiger partial charge is 0.280 e. The van der Waals surface area contributed by atoms with Crippen LogP contribution in [0.5, 0.6) is 0 Å². The van der Waals surface area contributed by atoms with Crippen LogP contribution in [0.15, 0.2) is 6.07 Å². The van der Waals surface area contributed by atoms with Crippen molar-refractivity contribution in [3.05, 3.63) is 23.3 Å². The first kappa shape index (κ1) is 11.0. The van der Waals surface area contributed by atoms with Gasteiger partial charge in [0.05, 0.1) is 6.04 Å². The third-order valence-electron chi connectivity index (χ3n) is 1.89. The molecule has 0 radical (unpaired) electrons.